The van der Waals surface area contributed by atoms with E-state index in [4.69, 9.17) is 0 Å². The van der Waals surface area contributed by atoms with Gasteiger partial charge in [0.15, 0.2) is 0 Å². The number of aryl methyl sites for hydroxylation is 1. The topological polar surface area (TPSA) is 37.3 Å². The normalized spacial score (nSPS) is 17.3. The minimum Gasteiger partial charge on any atom is -0.388 e. The van der Waals surface area contributed by atoms with E-state index in [-0.39, 0.29) is 44.7 Å². The second-order valence-corrected chi connectivity index (χ2v) is 8.39. The summed E-state index contributed by atoms with van der Waals surface area (Å²) in [7, 11) is 0. The first-order chi connectivity index (χ1) is 13.2. The van der Waals surface area contributed by atoms with Crippen LogP contribution < -0.4 is 0 Å². The molecular weight excluding hydrogens is 441 g/mol. The van der Waals surface area contributed by atoms with Crippen molar-refractivity contribution in [2.24, 2.45) is 5.92 Å². The standard InChI is InChI=1S/C24H29O2S.Y/c1-2-3-4-10-23(25)19-13-11-18(12-14-19)21-15-16-24(26)22(21)9-5-7-20-8-6-17-27-20;/h6,8,11-15,22-23,25H,2-5,7,9-10,16H2,1H3;/q-1;/t22-,23?;/m1./s1. The van der Waals surface area contributed by atoms with Gasteiger partial charge < -0.3 is 16.4 Å². The van der Waals surface area contributed by atoms with Crippen molar-refractivity contribution in [1.29, 1.82) is 0 Å². The van der Waals surface area contributed by atoms with Gasteiger partial charge in [-0.2, -0.15) is 6.07 Å². The summed E-state index contributed by atoms with van der Waals surface area (Å²) in [4.78, 5) is 13.7. The molecule has 3 rings (SSSR count). The van der Waals surface area contributed by atoms with Gasteiger partial charge in [0, 0.05) is 45.0 Å². The molecule has 0 saturated carbocycles. The molecule has 1 N–H and O–H groups in total. The molecule has 1 heterocycles. The molecule has 147 valence electrons. The number of Topliss-reactive ketones (excluding diaryl/α,β-unsaturated/α-hetero) is 1. The SMILES string of the molecule is CCCCCC(O)c1ccc(C2=CCC(=O)[C@@H]2CCCc2cc[c-]s2)cc1.[Y]. The molecular formula is C24H29O2SY-. The molecule has 1 aliphatic carbocycles. The van der Waals surface area contributed by atoms with Crippen molar-refractivity contribution in [3.05, 3.63) is 63.9 Å². The molecule has 1 unspecified atom stereocenters. The van der Waals surface area contributed by atoms with E-state index in [1.807, 2.05) is 18.2 Å². The van der Waals surface area contributed by atoms with E-state index in [1.54, 1.807) is 11.3 Å². The summed E-state index contributed by atoms with van der Waals surface area (Å²) < 4.78 is 0. The number of carbonyl (C=O) groups is 1. The van der Waals surface area contributed by atoms with Crippen molar-refractivity contribution in [2.45, 2.75) is 64.4 Å². The maximum absolute atomic E-state index is 12.4. The zero-order valence-electron chi connectivity index (χ0n) is 16.7. The first kappa shape index (κ1) is 23.7. The van der Waals surface area contributed by atoms with Crippen LogP contribution in [0.4, 0.5) is 0 Å². The van der Waals surface area contributed by atoms with Crippen LogP contribution in [-0.4, -0.2) is 10.9 Å². The van der Waals surface area contributed by atoms with E-state index in [1.165, 1.54) is 16.9 Å². The molecule has 0 fully saturated rings. The Morgan fingerprint density at radius 2 is 1.96 bits per heavy atom. The van der Waals surface area contributed by atoms with Crippen LogP contribution in [-0.2, 0) is 43.9 Å². The zero-order valence-corrected chi connectivity index (χ0v) is 20.3. The first-order valence-electron chi connectivity index (χ1n) is 10.1. The Morgan fingerprint density at radius 3 is 2.64 bits per heavy atom. The molecule has 0 saturated heterocycles. The van der Waals surface area contributed by atoms with Gasteiger partial charge in [0.2, 0.25) is 0 Å². The fourth-order valence-corrected chi connectivity index (χ4v) is 4.51. The summed E-state index contributed by atoms with van der Waals surface area (Å²) in [5.41, 5.74) is 3.27. The van der Waals surface area contributed by atoms with Crippen molar-refractivity contribution in [2.75, 3.05) is 0 Å². The fraction of sp³-hybridized carbons (Fsp3) is 0.458. The van der Waals surface area contributed by atoms with Gasteiger partial charge in [0.05, 0.1) is 6.10 Å². The number of aliphatic hydroxyl groups excluding tert-OH is 1. The van der Waals surface area contributed by atoms with E-state index in [0.29, 0.717) is 12.2 Å². The first-order valence-corrected chi connectivity index (χ1v) is 11.0. The van der Waals surface area contributed by atoms with E-state index in [2.05, 4.69) is 36.6 Å². The second kappa shape index (κ2) is 12.2. The summed E-state index contributed by atoms with van der Waals surface area (Å²) in [5.74, 6) is 0.362. The van der Waals surface area contributed by atoms with Gasteiger partial charge in [0.1, 0.15) is 5.78 Å². The molecule has 28 heavy (non-hydrogen) atoms. The van der Waals surface area contributed by atoms with Gasteiger partial charge >= 0.3 is 0 Å². The number of aliphatic hydroxyl groups is 1. The molecule has 0 spiro atoms. The van der Waals surface area contributed by atoms with Crippen LogP contribution in [0.3, 0.4) is 0 Å². The quantitative estimate of drug-likeness (QED) is 0.334. The van der Waals surface area contributed by atoms with Gasteiger partial charge in [-0.05, 0) is 29.5 Å². The number of unbranched alkanes of at least 4 members (excludes halogenated alkanes) is 2. The summed E-state index contributed by atoms with van der Waals surface area (Å²) in [6.45, 7) is 2.17. The maximum atomic E-state index is 12.4. The number of thiophene rings is 1. The van der Waals surface area contributed by atoms with Crippen molar-refractivity contribution in [3.63, 3.8) is 0 Å². The van der Waals surface area contributed by atoms with E-state index < -0.39 is 0 Å². The summed E-state index contributed by atoms with van der Waals surface area (Å²) in [6.07, 6.45) is 9.42. The number of allylic oxidation sites excluding steroid dienone is 2. The Kier molecular flexibility index (Phi) is 10.3. The number of hydrogen-bond donors (Lipinski definition) is 1. The van der Waals surface area contributed by atoms with Gasteiger partial charge in [-0.15, -0.1) is 10.3 Å². The average Bonchev–Trinajstić information content (AvgIpc) is 3.32. The number of ketones is 1. The molecule has 1 radical (unpaired) electrons. The van der Waals surface area contributed by atoms with Crippen LogP contribution in [0.15, 0.2) is 42.5 Å². The van der Waals surface area contributed by atoms with Crippen LogP contribution in [0.2, 0.25) is 0 Å². The van der Waals surface area contributed by atoms with Crippen molar-refractivity contribution < 1.29 is 42.6 Å². The fourth-order valence-electron chi connectivity index (χ4n) is 3.84. The van der Waals surface area contributed by atoms with Crippen molar-refractivity contribution in [1.82, 2.24) is 0 Å². The minimum atomic E-state index is -0.386. The average molecular weight is 470 g/mol. The molecule has 2 aromatic rings. The zero-order chi connectivity index (χ0) is 19.1. The van der Waals surface area contributed by atoms with E-state index in [0.717, 1.165) is 49.7 Å². The molecule has 0 aliphatic heterocycles. The third kappa shape index (κ3) is 6.45. The molecule has 1 aromatic heterocycles. The predicted octanol–water partition coefficient (Wildman–Crippen LogP) is 6.15. The second-order valence-electron chi connectivity index (χ2n) is 7.43. The van der Waals surface area contributed by atoms with Crippen molar-refractivity contribution >= 4 is 22.7 Å². The molecule has 1 aliphatic rings. The van der Waals surface area contributed by atoms with Crippen LogP contribution in [0.25, 0.3) is 5.57 Å². The Labute approximate surface area is 198 Å². The third-order valence-corrected chi connectivity index (χ3v) is 6.30. The van der Waals surface area contributed by atoms with Crippen molar-refractivity contribution in [3.8, 4) is 0 Å². The molecule has 1 aromatic carbocycles. The molecule has 2 atom stereocenters. The Balaban J connectivity index is 0.00000280. The predicted molar refractivity (Wildman–Crippen MR) is 113 cm³/mol. The van der Waals surface area contributed by atoms with E-state index in [9.17, 15) is 9.90 Å². The van der Waals surface area contributed by atoms with Crippen LogP contribution in [0, 0.1) is 11.3 Å². The van der Waals surface area contributed by atoms with Crippen LogP contribution in [0.1, 0.15) is 74.0 Å². The number of hydrogen-bond acceptors (Lipinski definition) is 3. The molecule has 0 amide bonds. The summed E-state index contributed by atoms with van der Waals surface area (Å²) >= 11 is 1.67. The number of benzene rings is 1. The largest absolute Gasteiger partial charge is 0.388 e. The Morgan fingerprint density at radius 1 is 1.18 bits per heavy atom. The number of carbonyl (C=O) groups excluding carboxylic acids is 1. The van der Waals surface area contributed by atoms with E-state index >= 15 is 0 Å². The van der Waals surface area contributed by atoms with Gasteiger partial charge in [-0.1, -0.05) is 69.4 Å². The summed E-state index contributed by atoms with van der Waals surface area (Å²) in [5, 5.41) is 13.5. The maximum Gasteiger partial charge on any atom is 0.144 e. The molecule has 0 bridgehead atoms. The summed E-state index contributed by atoms with van der Waals surface area (Å²) in [6, 6.07) is 12.3. The van der Waals surface area contributed by atoms with Gasteiger partial charge in [-0.25, -0.2) is 6.07 Å². The van der Waals surface area contributed by atoms with Gasteiger partial charge in [0.25, 0.3) is 0 Å². The number of rotatable bonds is 10. The minimum absolute atomic E-state index is 0. The Bertz CT molecular complexity index is 749. The van der Waals surface area contributed by atoms with Gasteiger partial charge in [-0.3, -0.25) is 4.79 Å². The van der Waals surface area contributed by atoms with Crippen LogP contribution in [0.5, 0.6) is 0 Å². The van der Waals surface area contributed by atoms with Crippen LogP contribution >= 0.6 is 11.3 Å². The molecule has 4 heteroatoms. The smallest absolute Gasteiger partial charge is 0.144 e. The monoisotopic (exact) mass is 470 g/mol. The third-order valence-electron chi connectivity index (χ3n) is 5.44. The Hall–Kier alpha value is -0.606. The molecule has 2 nitrogen and oxygen atoms in total.